The molecule has 0 amide bonds. The van der Waals surface area contributed by atoms with Gasteiger partial charge >= 0.3 is 0 Å². The summed E-state index contributed by atoms with van der Waals surface area (Å²) in [6.45, 7) is 4.25. The minimum absolute atomic E-state index is 0.149. The molecule has 1 aromatic heterocycles. The molecule has 0 aliphatic rings. The number of para-hydroxylation sites is 1. The Kier molecular flexibility index (Phi) is 5.12. The molecule has 2 rings (SSSR count). The Morgan fingerprint density at radius 1 is 1.35 bits per heavy atom. The van der Waals surface area contributed by atoms with Crippen molar-refractivity contribution in [2.45, 2.75) is 39.2 Å². The molecular formula is C15H21N3O2. The predicted octanol–water partition coefficient (Wildman–Crippen LogP) is 2.57. The Balaban J connectivity index is 1.90. The fraction of sp³-hybridized carbons (Fsp3) is 0.467. The van der Waals surface area contributed by atoms with Crippen molar-refractivity contribution >= 4 is 0 Å². The molecule has 5 nitrogen and oxygen atoms in total. The number of nitrogens with zero attached hydrogens (tertiary/aromatic N) is 2. The SMILES string of the molecule is CCCCc1nc(C(O)COc2ccccc2C)n[nH]1. The van der Waals surface area contributed by atoms with Crippen LogP contribution in [0.3, 0.4) is 0 Å². The summed E-state index contributed by atoms with van der Waals surface area (Å²) in [6, 6.07) is 7.71. The van der Waals surface area contributed by atoms with E-state index >= 15 is 0 Å². The van der Waals surface area contributed by atoms with Gasteiger partial charge in [0.05, 0.1) is 0 Å². The number of rotatable bonds is 7. The van der Waals surface area contributed by atoms with E-state index in [9.17, 15) is 5.11 Å². The number of aromatic nitrogens is 3. The van der Waals surface area contributed by atoms with Gasteiger partial charge in [-0.3, -0.25) is 5.10 Å². The van der Waals surface area contributed by atoms with Crippen molar-refractivity contribution in [1.29, 1.82) is 0 Å². The number of nitrogens with one attached hydrogen (secondary N) is 1. The number of benzene rings is 1. The maximum absolute atomic E-state index is 10.0. The molecule has 0 fully saturated rings. The summed E-state index contributed by atoms with van der Waals surface area (Å²) >= 11 is 0. The first-order chi connectivity index (χ1) is 9.70. The number of unbranched alkanes of at least 4 members (excludes halogenated alkanes) is 1. The van der Waals surface area contributed by atoms with Gasteiger partial charge in [0.1, 0.15) is 24.3 Å². The molecule has 20 heavy (non-hydrogen) atoms. The van der Waals surface area contributed by atoms with Crippen molar-refractivity contribution in [3.05, 3.63) is 41.5 Å². The molecule has 108 valence electrons. The third-order valence-corrected chi connectivity index (χ3v) is 3.10. The van der Waals surface area contributed by atoms with E-state index in [1.165, 1.54) is 0 Å². The molecule has 2 N–H and O–H groups in total. The zero-order chi connectivity index (χ0) is 14.4. The quantitative estimate of drug-likeness (QED) is 0.814. The van der Waals surface area contributed by atoms with Crippen LogP contribution in [0.5, 0.6) is 5.75 Å². The number of aliphatic hydroxyl groups is 1. The smallest absolute Gasteiger partial charge is 0.182 e. The van der Waals surface area contributed by atoms with E-state index in [0.717, 1.165) is 36.4 Å². The molecule has 0 saturated heterocycles. The third kappa shape index (κ3) is 3.81. The van der Waals surface area contributed by atoms with Crippen LogP contribution in [0, 0.1) is 6.92 Å². The van der Waals surface area contributed by atoms with Crippen LogP contribution in [0.2, 0.25) is 0 Å². The van der Waals surface area contributed by atoms with Gasteiger partial charge in [-0.15, -0.1) is 0 Å². The zero-order valence-corrected chi connectivity index (χ0v) is 12.0. The van der Waals surface area contributed by atoms with Crippen molar-refractivity contribution in [2.24, 2.45) is 0 Å². The molecule has 1 heterocycles. The lowest BCUT2D eigenvalue weighted by molar-refractivity contribution is 0.101. The fourth-order valence-electron chi connectivity index (χ4n) is 1.88. The number of ether oxygens (including phenoxy) is 1. The number of hydrogen-bond donors (Lipinski definition) is 2. The Bertz CT molecular complexity index is 539. The van der Waals surface area contributed by atoms with Gasteiger partial charge in [-0.2, -0.15) is 5.10 Å². The van der Waals surface area contributed by atoms with Crippen LogP contribution >= 0.6 is 0 Å². The molecule has 1 atom stereocenters. The van der Waals surface area contributed by atoms with Gasteiger partial charge < -0.3 is 9.84 Å². The van der Waals surface area contributed by atoms with Gasteiger partial charge in [-0.05, 0) is 25.0 Å². The Morgan fingerprint density at radius 3 is 2.90 bits per heavy atom. The second-order valence-corrected chi connectivity index (χ2v) is 4.84. The van der Waals surface area contributed by atoms with Crippen LogP contribution < -0.4 is 4.74 Å². The summed E-state index contributed by atoms with van der Waals surface area (Å²) in [5.74, 6) is 1.98. The van der Waals surface area contributed by atoms with Crippen LogP contribution in [0.15, 0.2) is 24.3 Å². The summed E-state index contributed by atoms with van der Waals surface area (Å²) in [6.07, 6.45) is 2.20. The van der Waals surface area contributed by atoms with Crippen LogP contribution in [0.25, 0.3) is 0 Å². The van der Waals surface area contributed by atoms with Gasteiger partial charge in [0.25, 0.3) is 0 Å². The molecule has 2 aromatic rings. The van der Waals surface area contributed by atoms with Gasteiger partial charge in [0.2, 0.25) is 0 Å². The van der Waals surface area contributed by atoms with E-state index in [1.807, 2.05) is 31.2 Å². The lowest BCUT2D eigenvalue weighted by Gasteiger charge is -2.11. The van der Waals surface area contributed by atoms with Crippen molar-refractivity contribution in [3.8, 4) is 5.75 Å². The number of aliphatic hydroxyl groups excluding tert-OH is 1. The average molecular weight is 275 g/mol. The summed E-state index contributed by atoms with van der Waals surface area (Å²) < 4.78 is 5.60. The van der Waals surface area contributed by atoms with E-state index in [0.29, 0.717) is 5.82 Å². The number of hydrogen-bond acceptors (Lipinski definition) is 4. The van der Waals surface area contributed by atoms with Crippen LogP contribution in [-0.2, 0) is 6.42 Å². The van der Waals surface area contributed by atoms with E-state index < -0.39 is 6.10 Å². The van der Waals surface area contributed by atoms with Gasteiger partial charge in [-0.25, -0.2) is 4.98 Å². The number of H-pyrrole nitrogens is 1. The Hall–Kier alpha value is -1.88. The monoisotopic (exact) mass is 275 g/mol. The molecule has 0 spiro atoms. The van der Waals surface area contributed by atoms with E-state index in [1.54, 1.807) is 0 Å². The standard InChI is InChI=1S/C15H21N3O2/c1-3-4-9-14-16-15(18-17-14)12(19)10-20-13-8-6-5-7-11(13)2/h5-8,12,19H,3-4,9-10H2,1-2H3,(H,16,17,18). The molecule has 0 radical (unpaired) electrons. The maximum Gasteiger partial charge on any atom is 0.182 e. The fourth-order valence-corrected chi connectivity index (χ4v) is 1.88. The third-order valence-electron chi connectivity index (χ3n) is 3.10. The number of aryl methyl sites for hydroxylation is 2. The van der Waals surface area contributed by atoms with E-state index in [4.69, 9.17) is 4.74 Å². The van der Waals surface area contributed by atoms with Gasteiger partial charge in [-0.1, -0.05) is 31.5 Å². The Morgan fingerprint density at radius 2 is 2.15 bits per heavy atom. The van der Waals surface area contributed by atoms with Crippen molar-refractivity contribution in [1.82, 2.24) is 15.2 Å². The van der Waals surface area contributed by atoms with Crippen molar-refractivity contribution in [2.75, 3.05) is 6.61 Å². The minimum atomic E-state index is -0.818. The summed E-state index contributed by atoms with van der Waals surface area (Å²) in [5, 5.41) is 16.9. The topological polar surface area (TPSA) is 71.0 Å². The summed E-state index contributed by atoms with van der Waals surface area (Å²) in [7, 11) is 0. The molecule has 5 heteroatoms. The van der Waals surface area contributed by atoms with E-state index in [-0.39, 0.29) is 6.61 Å². The molecule has 0 saturated carbocycles. The van der Waals surface area contributed by atoms with Gasteiger partial charge in [0, 0.05) is 6.42 Å². The van der Waals surface area contributed by atoms with Crippen LogP contribution in [0.4, 0.5) is 0 Å². The van der Waals surface area contributed by atoms with Crippen LogP contribution in [-0.4, -0.2) is 26.9 Å². The highest BCUT2D eigenvalue weighted by Gasteiger charge is 2.14. The first-order valence-electron chi connectivity index (χ1n) is 6.98. The normalized spacial score (nSPS) is 12.3. The predicted molar refractivity (Wildman–Crippen MR) is 76.6 cm³/mol. The summed E-state index contributed by atoms with van der Waals surface area (Å²) in [4.78, 5) is 4.29. The Labute approximate surface area is 119 Å². The first kappa shape index (κ1) is 14.5. The molecule has 0 bridgehead atoms. The lowest BCUT2D eigenvalue weighted by Crippen LogP contribution is -2.11. The molecule has 0 aliphatic heterocycles. The summed E-state index contributed by atoms with van der Waals surface area (Å²) in [5.41, 5.74) is 1.04. The largest absolute Gasteiger partial charge is 0.490 e. The highest BCUT2D eigenvalue weighted by Crippen LogP contribution is 2.18. The molecular weight excluding hydrogens is 254 g/mol. The number of aromatic amines is 1. The lowest BCUT2D eigenvalue weighted by atomic mass is 10.2. The van der Waals surface area contributed by atoms with Crippen molar-refractivity contribution in [3.63, 3.8) is 0 Å². The highest BCUT2D eigenvalue weighted by atomic mass is 16.5. The zero-order valence-electron chi connectivity index (χ0n) is 12.0. The second kappa shape index (κ2) is 7.05. The highest BCUT2D eigenvalue weighted by molar-refractivity contribution is 5.31. The van der Waals surface area contributed by atoms with Crippen molar-refractivity contribution < 1.29 is 9.84 Å². The molecule has 1 unspecified atom stereocenters. The minimum Gasteiger partial charge on any atom is -0.490 e. The maximum atomic E-state index is 10.0. The average Bonchev–Trinajstić information content (AvgIpc) is 2.93. The van der Waals surface area contributed by atoms with Crippen LogP contribution in [0.1, 0.15) is 43.1 Å². The second-order valence-electron chi connectivity index (χ2n) is 4.84. The molecule has 1 aromatic carbocycles. The van der Waals surface area contributed by atoms with E-state index in [2.05, 4.69) is 22.1 Å². The first-order valence-corrected chi connectivity index (χ1v) is 6.98. The molecule has 0 aliphatic carbocycles. The van der Waals surface area contributed by atoms with Gasteiger partial charge in [0.15, 0.2) is 5.82 Å².